The predicted molar refractivity (Wildman–Crippen MR) is 74.4 cm³/mol. The SMILES string of the molecule is Cc1ccc2c(c1)nc(CCl)n2Cc1cc(C)no1. The average Bonchev–Trinajstić information content (AvgIpc) is 2.94. The van der Waals surface area contributed by atoms with Gasteiger partial charge in [-0.2, -0.15) is 0 Å². The molecule has 4 nitrogen and oxygen atoms in total. The Morgan fingerprint density at radius 2 is 2.11 bits per heavy atom. The highest BCUT2D eigenvalue weighted by atomic mass is 35.5. The van der Waals surface area contributed by atoms with Gasteiger partial charge >= 0.3 is 0 Å². The van der Waals surface area contributed by atoms with E-state index in [2.05, 4.69) is 39.8 Å². The van der Waals surface area contributed by atoms with Crippen LogP contribution in [0.25, 0.3) is 11.0 Å². The molecule has 0 fully saturated rings. The first kappa shape index (κ1) is 12.2. The number of alkyl halides is 1. The molecule has 0 aliphatic rings. The second-order valence-electron chi connectivity index (χ2n) is 4.67. The zero-order chi connectivity index (χ0) is 13.4. The van der Waals surface area contributed by atoms with Crippen LogP contribution in [-0.4, -0.2) is 14.7 Å². The minimum absolute atomic E-state index is 0.376. The van der Waals surface area contributed by atoms with Crippen LogP contribution in [0.3, 0.4) is 0 Å². The zero-order valence-electron chi connectivity index (χ0n) is 10.9. The number of halogens is 1. The van der Waals surface area contributed by atoms with E-state index in [1.54, 1.807) is 0 Å². The number of aromatic nitrogens is 3. The summed E-state index contributed by atoms with van der Waals surface area (Å²) < 4.78 is 7.34. The van der Waals surface area contributed by atoms with Crippen LogP contribution in [0.4, 0.5) is 0 Å². The van der Waals surface area contributed by atoms with E-state index in [9.17, 15) is 0 Å². The maximum atomic E-state index is 5.99. The molecule has 3 aromatic rings. The minimum atomic E-state index is 0.376. The van der Waals surface area contributed by atoms with Crippen LogP contribution in [0.2, 0.25) is 0 Å². The lowest BCUT2D eigenvalue weighted by molar-refractivity contribution is 0.373. The summed E-state index contributed by atoms with van der Waals surface area (Å²) in [5.41, 5.74) is 4.10. The molecule has 0 radical (unpaired) electrons. The van der Waals surface area contributed by atoms with Gasteiger partial charge in [0.15, 0.2) is 5.76 Å². The first-order valence-electron chi connectivity index (χ1n) is 6.11. The number of nitrogens with zero attached hydrogens (tertiary/aromatic N) is 3. The van der Waals surface area contributed by atoms with E-state index in [0.29, 0.717) is 12.4 Å². The fourth-order valence-electron chi connectivity index (χ4n) is 2.21. The van der Waals surface area contributed by atoms with E-state index in [1.807, 2.05) is 13.0 Å². The van der Waals surface area contributed by atoms with Crippen LogP contribution in [0.5, 0.6) is 0 Å². The first-order chi connectivity index (χ1) is 9.17. The molecular formula is C14H14ClN3O. The van der Waals surface area contributed by atoms with Gasteiger partial charge in [0.05, 0.1) is 29.2 Å². The molecule has 0 bridgehead atoms. The molecule has 0 unspecified atom stereocenters. The van der Waals surface area contributed by atoms with E-state index in [-0.39, 0.29) is 0 Å². The third kappa shape index (κ3) is 2.24. The van der Waals surface area contributed by atoms with Gasteiger partial charge in [0, 0.05) is 6.07 Å². The van der Waals surface area contributed by atoms with Crippen LogP contribution >= 0.6 is 11.6 Å². The van der Waals surface area contributed by atoms with Gasteiger partial charge in [0.1, 0.15) is 5.82 Å². The number of rotatable bonds is 3. The lowest BCUT2D eigenvalue weighted by Gasteiger charge is -2.04. The van der Waals surface area contributed by atoms with Gasteiger partial charge in [-0.05, 0) is 31.5 Å². The van der Waals surface area contributed by atoms with Crippen molar-refractivity contribution < 1.29 is 4.52 Å². The standard InChI is InChI=1S/C14H14ClN3O/c1-9-3-4-13-12(5-9)16-14(7-15)18(13)8-11-6-10(2)17-19-11/h3-6H,7-8H2,1-2H3. The lowest BCUT2D eigenvalue weighted by atomic mass is 10.2. The van der Waals surface area contributed by atoms with Crippen LogP contribution in [0.15, 0.2) is 28.8 Å². The Balaban J connectivity index is 2.10. The van der Waals surface area contributed by atoms with Gasteiger partial charge in [-0.15, -0.1) is 11.6 Å². The van der Waals surface area contributed by atoms with Crippen molar-refractivity contribution >= 4 is 22.6 Å². The third-order valence-corrected chi connectivity index (χ3v) is 3.33. The topological polar surface area (TPSA) is 43.9 Å². The monoisotopic (exact) mass is 275 g/mol. The molecule has 0 saturated carbocycles. The number of imidazole rings is 1. The fourth-order valence-corrected chi connectivity index (χ4v) is 2.42. The summed E-state index contributed by atoms with van der Waals surface area (Å²) >= 11 is 5.99. The van der Waals surface area contributed by atoms with Crippen molar-refractivity contribution in [3.05, 3.63) is 47.1 Å². The number of aryl methyl sites for hydroxylation is 2. The Morgan fingerprint density at radius 3 is 2.79 bits per heavy atom. The summed E-state index contributed by atoms with van der Waals surface area (Å²) in [6.07, 6.45) is 0. The van der Waals surface area contributed by atoms with Gasteiger partial charge in [0.2, 0.25) is 0 Å². The summed E-state index contributed by atoms with van der Waals surface area (Å²) in [7, 11) is 0. The van der Waals surface area contributed by atoms with Crippen molar-refractivity contribution in [2.45, 2.75) is 26.3 Å². The van der Waals surface area contributed by atoms with Crippen molar-refractivity contribution in [1.29, 1.82) is 0 Å². The number of hydrogen-bond acceptors (Lipinski definition) is 3. The Morgan fingerprint density at radius 1 is 1.26 bits per heavy atom. The largest absolute Gasteiger partial charge is 0.359 e. The quantitative estimate of drug-likeness (QED) is 0.688. The lowest BCUT2D eigenvalue weighted by Crippen LogP contribution is -2.03. The van der Waals surface area contributed by atoms with Crippen molar-refractivity contribution in [1.82, 2.24) is 14.7 Å². The number of fused-ring (bicyclic) bond motifs is 1. The highest BCUT2D eigenvalue weighted by molar-refractivity contribution is 6.16. The molecule has 0 N–H and O–H groups in total. The minimum Gasteiger partial charge on any atom is -0.359 e. The molecule has 0 saturated heterocycles. The van der Waals surface area contributed by atoms with Crippen LogP contribution in [0.1, 0.15) is 22.8 Å². The van der Waals surface area contributed by atoms with E-state index >= 15 is 0 Å². The molecule has 0 spiro atoms. The maximum absolute atomic E-state index is 5.99. The molecular weight excluding hydrogens is 262 g/mol. The first-order valence-corrected chi connectivity index (χ1v) is 6.65. The fraction of sp³-hybridized carbons (Fsp3) is 0.286. The Bertz CT molecular complexity index is 729. The molecule has 5 heteroatoms. The zero-order valence-corrected chi connectivity index (χ0v) is 11.6. The Kier molecular flexibility index (Phi) is 3.03. The van der Waals surface area contributed by atoms with Crippen LogP contribution in [0, 0.1) is 13.8 Å². The molecule has 0 amide bonds. The van der Waals surface area contributed by atoms with Gasteiger partial charge in [-0.1, -0.05) is 11.2 Å². The van der Waals surface area contributed by atoms with Gasteiger partial charge in [-0.3, -0.25) is 0 Å². The second-order valence-corrected chi connectivity index (χ2v) is 4.94. The van der Waals surface area contributed by atoms with Crippen LogP contribution < -0.4 is 0 Å². The maximum Gasteiger partial charge on any atom is 0.156 e. The Hall–Kier alpha value is -1.81. The molecule has 2 heterocycles. The molecule has 0 aliphatic heterocycles. The summed E-state index contributed by atoms with van der Waals surface area (Å²) in [5.74, 6) is 2.03. The summed E-state index contributed by atoms with van der Waals surface area (Å²) in [5, 5.41) is 3.91. The molecule has 0 aliphatic carbocycles. The van der Waals surface area contributed by atoms with Gasteiger partial charge in [0.25, 0.3) is 0 Å². The smallest absolute Gasteiger partial charge is 0.156 e. The molecule has 98 valence electrons. The summed E-state index contributed by atoms with van der Waals surface area (Å²) in [6, 6.07) is 8.13. The van der Waals surface area contributed by atoms with E-state index in [1.165, 1.54) is 5.56 Å². The van der Waals surface area contributed by atoms with Crippen molar-refractivity contribution in [2.24, 2.45) is 0 Å². The van der Waals surface area contributed by atoms with Gasteiger partial charge < -0.3 is 9.09 Å². The molecule has 3 rings (SSSR count). The number of benzene rings is 1. The predicted octanol–water partition coefficient (Wildman–Crippen LogP) is 3.43. The molecule has 1 aromatic carbocycles. The van der Waals surface area contributed by atoms with E-state index in [0.717, 1.165) is 28.3 Å². The third-order valence-electron chi connectivity index (χ3n) is 3.09. The molecule has 0 atom stereocenters. The van der Waals surface area contributed by atoms with Crippen LogP contribution in [-0.2, 0) is 12.4 Å². The van der Waals surface area contributed by atoms with E-state index < -0.39 is 0 Å². The highest BCUT2D eigenvalue weighted by Gasteiger charge is 2.12. The second kappa shape index (κ2) is 4.70. The molecule has 2 aromatic heterocycles. The van der Waals surface area contributed by atoms with Crippen molar-refractivity contribution in [3.63, 3.8) is 0 Å². The van der Waals surface area contributed by atoms with Crippen molar-refractivity contribution in [3.8, 4) is 0 Å². The van der Waals surface area contributed by atoms with Gasteiger partial charge in [-0.25, -0.2) is 4.98 Å². The Labute approximate surface area is 116 Å². The highest BCUT2D eigenvalue weighted by Crippen LogP contribution is 2.20. The summed E-state index contributed by atoms with van der Waals surface area (Å²) in [4.78, 5) is 4.56. The number of hydrogen-bond donors (Lipinski definition) is 0. The van der Waals surface area contributed by atoms with E-state index in [4.69, 9.17) is 16.1 Å². The summed E-state index contributed by atoms with van der Waals surface area (Å²) in [6.45, 7) is 4.56. The average molecular weight is 276 g/mol. The normalized spacial score (nSPS) is 11.3. The van der Waals surface area contributed by atoms with Crippen molar-refractivity contribution in [2.75, 3.05) is 0 Å². The molecule has 19 heavy (non-hydrogen) atoms.